The first-order chi connectivity index (χ1) is 17.3. The van der Waals surface area contributed by atoms with E-state index in [0.29, 0.717) is 33.8 Å². The molecule has 3 aromatic rings. The van der Waals surface area contributed by atoms with Crippen molar-refractivity contribution in [3.63, 3.8) is 0 Å². The van der Waals surface area contributed by atoms with Gasteiger partial charge in [0, 0.05) is 23.4 Å². The second-order valence-electron chi connectivity index (χ2n) is 7.47. The first kappa shape index (κ1) is 26.4. The Bertz CT molecular complexity index is 1280. The number of nitrogens with one attached hydrogen (secondary N) is 2. The average Bonchev–Trinajstić information content (AvgIpc) is 2.85. The van der Waals surface area contributed by atoms with Crippen molar-refractivity contribution in [3.8, 4) is 11.5 Å². The van der Waals surface area contributed by atoms with E-state index in [0.717, 1.165) is 5.56 Å². The second-order valence-corrected chi connectivity index (χ2v) is 8.32. The number of carbonyl (C=O) groups is 2. The van der Waals surface area contributed by atoms with Gasteiger partial charge >= 0.3 is 0 Å². The van der Waals surface area contributed by atoms with Crippen LogP contribution < -0.4 is 20.2 Å². The van der Waals surface area contributed by atoms with E-state index >= 15 is 0 Å². The quantitative estimate of drug-likeness (QED) is 0.209. The van der Waals surface area contributed by atoms with Crippen molar-refractivity contribution in [1.29, 1.82) is 0 Å². The molecular weight excluding hydrogens is 532 g/mol. The Labute approximate surface area is 215 Å². The largest absolute Gasteiger partial charge is 0.490 e. The van der Waals surface area contributed by atoms with Crippen molar-refractivity contribution in [3.05, 3.63) is 91.9 Å². The molecule has 0 radical (unpaired) electrons. The fourth-order valence-electron chi connectivity index (χ4n) is 3.00. The molecule has 36 heavy (non-hydrogen) atoms. The molecule has 3 rings (SSSR count). The first-order valence-corrected chi connectivity index (χ1v) is 11.6. The lowest BCUT2D eigenvalue weighted by atomic mass is 10.2. The molecule has 0 aliphatic rings. The zero-order chi connectivity index (χ0) is 26.1. The molecule has 0 spiro atoms. The monoisotopic (exact) mass is 554 g/mol. The van der Waals surface area contributed by atoms with E-state index in [1.54, 1.807) is 12.1 Å². The molecule has 2 N–H and O–H groups in total. The molecule has 0 atom stereocenters. The molecule has 0 heterocycles. The van der Waals surface area contributed by atoms with E-state index in [1.165, 1.54) is 30.5 Å². The molecule has 0 aliphatic heterocycles. The van der Waals surface area contributed by atoms with Gasteiger partial charge in [-0.2, -0.15) is 5.10 Å². The molecular formula is C25H23BrN4O6. The summed E-state index contributed by atoms with van der Waals surface area (Å²) in [6, 6.07) is 15.9. The van der Waals surface area contributed by atoms with E-state index in [1.807, 2.05) is 38.1 Å². The second kappa shape index (κ2) is 12.5. The van der Waals surface area contributed by atoms with Crippen molar-refractivity contribution >= 4 is 45.3 Å². The summed E-state index contributed by atoms with van der Waals surface area (Å²) in [6.45, 7) is 3.90. The van der Waals surface area contributed by atoms with Crippen LogP contribution in [-0.4, -0.2) is 36.2 Å². The smallest absolute Gasteiger partial charge is 0.271 e. The maximum absolute atomic E-state index is 12.3. The van der Waals surface area contributed by atoms with Crippen LogP contribution in [0.2, 0.25) is 0 Å². The Morgan fingerprint density at radius 3 is 2.42 bits per heavy atom. The number of amides is 2. The Balaban J connectivity index is 1.64. The van der Waals surface area contributed by atoms with E-state index in [-0.39, 0.29) is 23.8 Å². The highest BCUT2D eigenvalue weighted by atomic mass is 79.9. The van der Waals surface area contributed by atoms with Gasteiger partial charge in [-0.05, 0) is 71.7 Å². The van der Waals surface area contributed by atoms with E-state index < -0.39 is 10.8 Å². The highest BCUT2D eigenvalue weighted by Gasteiger charge is 2.14. The van der Waals surface area contributed by atoms with Crippen LogP contribution in [0.5, 0.6) is 11.5 Å². The number of ether oxygens (including phenoxy) is 2. The van der Waals surface area contributed by atoms with Crippen molar-refractivity contribution in [1.82, 2.24) is 5.43 Å². The Hall–Kier alpha value is -4.25. The zero-order valence-electron chi connectivity index (χ0n) is 19.5. The van der Waals surface area contributed by atoms with Gasteiger partial charge in [-0.3, -0.25) is 19.7 Å². The van der Waals surface area contributed by atoms with Crippen LogP contribution in [0.3, 0.4) is 0 Å². The number of hydrogen-bond donors (Lipinski definition) is 2. The SMILES string of the molecule is CCOc1cc(/C=N/NC(=O)c2ccc([N+](=O)[O-])cc2)cc(Br)c1OCC(=O)Nc1ccc(C)cc1. The van der Waals surface area contributed by atoms with Gasteiger partial charge in [0.15, 0.2) is 18.1 Å². The standard InChI is InChI=1S/C25H23BrN4O6/c1-3-35-22-13-17(14-27-29-25(32)18-6-10-20(11-7-18)30(33)34)12-21(26)24(22)36-15-23(31)28-19-8-4-16(2)5-9-19/h4-14H,3,15H2,1-2H3,(H,28,31)(H,29,32)/b27-14+. The predicted octanol–water partition coefficient (Wildman–Crippen LogP) is 4.85. The van der Waals surface area contributed by atoms with Crippen molar-refractivity contribution in [2.24, 2.45) is 5.10 Å². The zero-order valence-corrected chi connectivity index (χ0v) is 21.1. The van der Waals surface area contributed by atoms with Crippen LogP contribution in [0.15, 0.2) is 70.2 Å². The number of rotatable bonds is 10. The normalized spacial score (nSPS) is 10.6. The molecule has 11 heteroatoms. The minimum absolute atomic E-state index is 0.113. The molecule has 0 saturated carbocycles. The summed E-state index contributed by atoms with van der Waals surface area (Å²) in [7, 11) is 0. The van der Waals surface area contributed by atoms with E-state index in [2.05, 4.69) is 31.8 Å². The number of nitro groups is 1. The number of nitro benzene ring substituents is 1. The summed E-state index contributed by atoms with van der Waals surface area (Å²) < 4.78 is 11.9. The van der Waals surface area contributed by atoms with Gasteiger partial charge in [0.25, 0.3) is 17.5 Å². The number of non-ortho nitro benzene ring substituents is 1. The third-order valence-electron chi connectivity index (χ3n) is 4.73. The number of halogens is 1. The van der Waals surface area contributed by atoms with Crippen LogP contribution in [0.25, 0.3) is 0 Å². The summed E-state index contributed by atoms with van der Waals surface area (Å²) in [5.41, 5.74) is 4.82. The van der Waals surface area contributed by atoms with Crippen molar-refractivity contribution in [2.45, 2.75) is 13.8 Å². The lowest BCUT2D eigenvalue weighted by molar-refractivity contribution is -0.384. The third-order valence-corrected chi connectivity index (χ3v) is 5.32. The molecule has 10 nitrogen and oxygen atoms in total. The fraction of sp³-hybridized carbons (Fsp3) is 0.160. The molecule has 0 aliphatic carbocycles. The highest BCUT2D eigenvalue weighted by Crippen LogP contribution is 2.36. The summed E-state index contributed by atoms with van der Waals surface area (Å²) in [6.07, 6.45) is 1.41. The van der Waals surface area contributed by atoms with Crippen molar-refractivity contribution < 1.29 is 24.0 Å². The molecule has 2 amide bonds. The average molecular weight is 555 g/mol. The summed E-state index contributed by atoms with van der Waals surface area (Å²) in [4.78, 5) is 34.7. The summed E-state index contributed by atoms with van der Waals surface area (Å²) >= 11 is 3.43. The van der Waals surface area contributed by atoms with Gasteiger partial charge in [-0.15, -0.1) is 0 Å². The third kappa shape index (κ3) is 7.37. The van der Waals surface area contributed by atoms with Crippen LogP contribution in [0, 0.1) is 17.0 Å². The van der Waals surface area contributed by atoms with E-state index in [4.69, 9.17) is 9.47 Å². The number of carbonyl (C=O) groups excluding carboxylic acids is 2. The first-order valence-electron chi connectivity index (χ1n) is 10.8. The van der Waals surface area contributed by atoms with Gasteiger partial charge in [0.05, 0.1) is 22.2 Å². The predicted molar refractivity (Wildman–Crippen MR) is 139 cm³/mol. The molecule has 3 aromatic carbocycles. The topological polar surface area (TPSA) is 132 Å². The number of hydrazone groups is 1. The molecule has 0 saturated heterocycles. The minimum atomic E-state index is -0.544. The summed E-state index contributed by atoms with van der Waals surface area (Å²) in [5.74, 6) is -0.112. The number of anilines is 1. The van der Waals surface area contributed by atoms with Gasteiger partial charge in [-0.25, -0.2) is 5.43 Å². The fourth-order valence-corrected chi connectivity index (χ4v) is 3.58. The van der Waals surface area contributed by atoms with E-state index in [9.17, 15) is 19.7 Å². The van der Waals surface area contributed by atoms with Gasteiger partial charge < -0.3 is 14.8 Å². The number of benzene rings is 3. The van der Waals surface area contributed by atoms with Crippen LogP contribution in [-0.2, 0) is 4.79 Å². The molecule has 186 valence electrons. The van der Waals surface area contributed by atoms with Gasteiger partial charge in [0.2, 0.25) is 0 Å². The van der Waals surface area contributed by atoms with Crippen molar-refractivity contribution in [2.75, 3.05) is 18.5 Å². The molecule has 0 bridgehead atoms. The Morgan fingerprint density at radius 2 is 1.78 bits per heavy atom. The number of hydrogen-bond acceptors (Lipinski definition) is 7. The maximum atomic E-state index is 12.3. The number of nitrogens with zero attached hydrogens (tertiary/aromatic N) is 2. The molecule has 0 aromatic heterocycles. The van der Waals surface area contributed by atoms with Crippen LogP contribution in [0.4, 0.5) is 11.4 Å². The lowest BCUT2D eigenvalue weighted by Crippen LogP contribution is -2.20. The van der Waals surface area contributed by atoms with Gasteiger partial charge in [-0.1, -0.05) is 17.7 Å². The minimum Gasteiger partial charge on any atom is -0.490 e. The van der Waals surface area contributed by atoms with Crippen LogP contribution in [0.1, 0.15) is 28.4 Å². The maximum Gasteiger partial charge on any atom is 0.271 e. The summed E-state index contributed by atoms with van der Waals surface area (Å²) in [5, 5.41) is 17.4. The Morgan fingerprint density at radius 1 is 1.08 bits per heavy atom. The highest BCUT2D eigenvalue weighted by molar-refractivity contribution is 9.10. The van der Waals surface area contributed by atoms with Gasteiger partial charge in [0.1, 0.15) is 0 Å². The lowest BCUT2D eigenvalue weighted by Gasteiger charge is -2.14. The Kier molecular flexibility index (Phi) is 9.12. The number of aryl methyl sites for hydroxylation is 1. The van der Waals surface area contributed by atoms with Crippen LogP contribution >= 0.6 is 15.9 Å². The molecule has 0 fully saturated rings. The molecule has 0 unspecified atom stereocenters.